The highest BCUT2D eigenvalue weighted by molar-refractivity contribution is 4.79. The lowest BCUT2D eigenvalue weighted by Gasteiger charge is -2.18. The number of unbranched alkanes of at least 4 members (excludes halogenated alkanes) is 9. The summed E-state index contributed by atoms with van der Waals surface area (Å²) in [5.41, 5.74) is 5.48. The fraction of sp³-hybridized carbons (Fsp3) is 0.778. The van der Waals surface area contributed by atoms with Gasteiger partial charge in [-0.2, -0.15) is 0 Å². The van der Waals surface area contributed by atoms with Crippen LogP contribution in [0.4, 0.5) is 0 Å². The van der Waals surface area contributed by atoms with Crippen molar-refractivity contribution in [1.82, 2.24) is 4.90 Å². The SMILES string of the molecule is C=CCN(CC=C)CCCCCCCCCCCCN. The minimum atomic E-state index is 0.856. The lowest BCUT2D eigenvalue weighted by Crippen LogP contribution is -2.24. The van der Waals surface area contributed by atoms with Gasteiger partial charge in [0, 0.05) is 13.1 Å². The van der Waals surface area contributed by atoms with Gasteiger partial charge in [0.2, 0.25) is 0 Å². The quantitative estimate of drug-likeness (QED) is 0.333. The minimum Gasteiger partial charge on any atom is -0.330 e. The monoisotopic (exact) mass is 280 g/mol. The van der Waals surface area contributed by atoms with Gasteiger partial charge in [-0.3, -0.25) is 4.90 Å². The third-order valence-electron chi connectivity index (χ3n) is 3.70. The summed E-state index contributed by atoms with van der Waals surface area (Å²) >= 11 is 0. The Hall–Kier alpha value is -0.600. The molecule has 118 valence electrons. The summed E-state index contributed by atoms with van der Waals surface area (Å²) in [6, 6.07) is 0. The average molecular weight is 280 g/mol. The molecule has 0 aliphatic heterocycles. The molecule has 0 radical (unpaired) electrons. The molecule has 0 heterocycles. The molecule has 0 aliphatic carbocycles. The van der Waals surface area contributed by atoms with E-state index in [-0.39, 0.29) is 0 Å². The van der Waals surface area contributed by atoms with E-state index in [0.717, 1.165) is 19.6 Å². The third kappa shape index (κ3) is 13.8. The summed E-state index contributed by atoms with van der Waals surface area (Å²) in [4.78, 5) is 2.40. The maximum absolute atomic E-state index is 5.48. The predicted molar refractivity (Wildman–Crippen MR) is 92.1 cm³/mol. The van der Waals surface area contributed by atoms with Crippen molar-refractivity contribution in [2.75, 3.05) is 26.2 Å². The van der Waals surface area contributed by atoms with Crippen LogP contribution in [0.5, 0.6) is 0 Å². The lowest BCUT2D eigenvalue weighted by atomic mass is 10.1. The van der Waals surface area contributed by atoms with Crippen LogP contribution in [0.2, 0.25) is 0 Å². The maximum atomic E-state index is 5.48. The zero-order valence-corrected chi connectivity index (χ0v) is 13.5. The van der Waals surface area contributed by atoms with Crippen LogP contribution in [-0.4, -0.2) is 31.1 Å². The maximum Gasteiger partial charge on any atom is 0.0163 e. The molecule has 0 aromatic carbocycles. The molecule has 0 unspecified atom stereocenters. The van der Waals surface area contributed by atoms with Gasteiger partial charge in [-0.15, -0.1) is 13.2 Å². The van der Waals surface area contributed by atoms with Gasteiger partial charge in [-0.05, 0) is 25.9 Å². The summed E-state index contributed by atoms with van der Waals surface area (Å²) in [6.45, 7) is 11.6. The van der Waals surface area contributed by atoms with E-state index in [1.807, 2.05) is 12.2 Å². The molecule has 0 spiro atoms. The number of hydrogen-bond donors (Lipinski definition) is 1. The van der Waals surface area contributed by atoms with Crippen molar-refractivity contribution in [3.05, 3.63) is 25.3 Å². The first-order valence-corrected chi connectivity index (χ1v) is 8.49. The molecule has 0 saturated heterocycles. The van der Waals surface area contributed by atoms with Crippen molar-refractivity contribution >= 4 is 0 Å². The first kappa shape index (κ1) is 19.4. The van der Waals surface area contributed by atoms with E-state index in [4.69, 9.17) is 5.73 Å². The minimum absolute atomic E-state index is 0.856. The Kier molecular flexibility index (Phi) is 16.0. The van der Waals surface area contributed by atoms with Crippen molar-refractivity contribution in [2.45, 2.75) is 64.2 Å². The van der Waals surface area contributed by atoms with Gasteiger partial charge in [0.15, 0.2) is 0 Å². The second-order valence-corrected chi connectivity index (χ2v) is 5.66. The fourth-order valence-electron chi connectivity index (χ4n) is 2.52. The highest BCUT2D eigenvalue weighted by atomic mass is 15.1. The van der Waals surface area contributed by atoms with Crippen LogP contribution in [0.25, 0.3) is 0 Å². The third-order valence-corrected chi connectivity index (χ3v) is 3.70. The van der Waals surface area contributed by atoms with Gasteiger partial charge >= 0.3 is 0 Å². The number of nitrogens with zero attached hydrogens (tertiary/aromatic N) is 1. The molecular formula is C18H36N2. The molecule has 2 nitrogen and oxygen atoms in total. The summed E-state index contributed by atoms with van der Waals surface area (Å²) < 4.78 is 0. The number of nitrogens with two attached hydrogens (primary N) is 1. The summed E-state index contributed by atoms with van der Waals surface area (Å²) in [7, 11) is 0. The molecule has 2 heteroatoms. The molecule has 0 atom stereocenters. The zero-order chi connectivity index (χ0) is 14.9. The van der Waals surface area contributed by atoms with Crippen molar-refractivity contribution in [3.8, 4) is 0 Å². The topological polar surface area (TPSA) is 29.3 Å². The standard InChI is InChI=1S/C18H36N2/c1-3-16-20(17-4-2)18-14-12-10-8-6-5-7-9-11-13-15-19/h3-4H,1-2,5-19H2. The van der Waals surface area contributed by atoms with Crippen LogP contribution in [0.3, 0.4) is 0 Å². The number of hydrogen-bond acceptors (Lipinski definition) is 2. The molecule has 0 aromatic rings. The van der Waals surface area contributed by atoms with Crippen molar-refractivity contribution < 1.29 is 0 Å². The van der Waals surface area contributed by atoms with Gasteiger partial charge in [0.05, 0.1) is 0 Å². The molecule has 0 aliphatic rings. The van der Waals surface area contributed by atoms with Crippen molar-refractivity contribution in [3.63, 3.8) is 0 Å². The smallest absolute Gasteiger partial charge is 0.0163 e. The largest absolute Gasteiger partial charge is 0.330 e. The Bertz CT molecular complexity index is 203. The second-order valence-electron chi connectivity index (χ2n) is 5.66. The highest BCUT2D eigenvalue weighted by Crippen LogP contribution is 2.10. The molecule has 2 N–H and O–H groups in total. The normalized spacial score (nSPS) is 10.9. The van der Waals surface area contributed by atoms with E-state index in [9.17, 15) is 0 Å². The zero-order valence-electron chi connectivity index (χ0n) is 13.5. The first-order valence-electron chi connectivity index (χ1n) is 8.49. The molecule has 0 fully saturated rings. The van der Waals surface area contributed by atoms with E-state index in [0.29, 0.717) is 0 Å². The molecule has 0 bridgehead atoms. The van der Waals surface area contributed by atoms with Crippen LogP contribution < -0.4 is 5.73 Å². The Morgan fingerprint density at radius 2 is 1.05 bits per heavy atom. The predicted octanol–water partition coefficient (Wildman–Crippen LogP) is 4.52. The highest BCUT2D eigenvalue weighted by Gasteiger charge is 1.99. The molecule has 0 amide bonds. The van der Waals surface area contributed by atoms with Gasteiger partial charge in [-0.25, -0.2) is 0 Å². The van der Waals surface area contributed by atoms with Gasteiger partial charge in [-0.1, -0.05) is 63.5 Å². The number of rotatable bonds is 16. The Labute approximate surface area is 127 Å². The van der Waals surface area contributed by atoms with Crippen molar-refractivity contribution in [1.29, 1.82) is 0 Å². The summed E-state index contributed by atoms with van der Waals surface area (Å²) in [5.74, 6) is 0. The van der Waals surface area contributed by atoms with Crippen LogP contribution in [-0.2, 0) is 0 Å². The van der Waals surface area contributed by atoms with Gasteiger partial charge < -0.3 is 5.73 Å². The Morgan fingerprint density at radius 1 is 0.650 bits per heavy atom. The summed E-state index contributed by atoms with van der Waals surface area (Å²) in [5, 5.41) is 0. The van der Waals surface area contributed by atoms with Crippen molar-refractivity contribution in [2.24, 2.45) is 5.73 Å². The molecule has 0 aromatic heterocycles. The fourth-order valence-corrected chi connectivity index (χ4v) is 2.52. The van der Waals surface area contributed by atoms with Gasteiger partial charge in [0.1, 0.15) is 0 Å². The Morgan fingerprint density at radius 3 is 1.45 bits per heavy atom. The van der Waals surface area contributed by atoms with E-state index >= 15 is 0 Å². The van der Waals surface area contributed by atoms with E-state index < -0.39 is 0 Å². The molecular weight excluding hydrogens is 244 g/mol. The average Bonchev–Trinajstić information content (AvgIpc) is 2.45. The van der Waals surface area contributed by atoms with E-state index in [2.05, 4.69) is 18.1 Å². The van der Waals surface area contributed by atoms with Crippen LogP contribution in [0, 0.1) is 0 Å². The second kappa shape index (κ2) is 16.5. The molecule has 0 saturated carbocycles. The van der Waals surface area contributed by atoms with E-state index in [1.165, 1.54) is 70.8 Å². The lowest BCUT2D eigenvalue weighted by molar-refractivity contribution is 0.324. The first-order chi connectivity index (χ1) is 9.85. The molecule has 0 rings (SSSR count). The van der Waals surface area contributed by atoms with Crippen LogP contribution in [0.1, 0.15) is 64.2 Å². The summed E-state index contributed by atoms with van der Waals surface area (Å²) in [6.07, 6.45) is 17.5. The van der Waals surface area contributed by atoms with Crippen LogP contribution in [0.15, 0.2) is 25.3 Å². The molecule has 20 heavy (non-hydrogen) atoms. The van der Waals surface area contributed by atoms with Crippen LogP contribution >= 0.6 is 0 Å². The Balaban J connectivity index is 3.22. The van der Waals surface area contributed by atoms with Gasteiger partial charge in [0.25, 0.3) is 0 Å². The van der Waals surface area contributed by atoms with E-state index in [1.54, 1.807) is 0 Å².